The van der Waals surface area contributed by atoms with Crippen LogP contribution in [-0.2, 0) is 0 Å². The quantitative estimate of drug-likeness (QED) is 0.479. The van der Waals surface area contributed by atoms with Gasteiger partial charge in [0.15, 0.2) is 11.6 Å². The van der Waals surface area contributed by atoms with E-state index in [0.717, 1.165) is 9.75 Å². The molecule has 0 aromatic carbocycles. The van der Waals surface area contributed by atoms with Crippen molar-refractivity contribution in [2.75, 3.05) is 0 Å². The summed E-state index contributed by atoms with van der Waals surface area (Å²) in [7, 11) is 0. The molecule has 0 bridgehead atoms. The number of hydrogen-bond acceptors (Lipinski definition) is 8. The van der Waals surface area contributed by atoms with Crippen molar-refractivity contribution in [1.29, 1.82) is 0 Å². The zero-order valence-electron chi connectivity index (χ0n) is 13.4. The van der Waals surface area contributed by atoms with Gasteiger partial charge in [-0.3, -0.25) is 9.98 Å². The zero-order valence-corrected chi connectivity index (χ0v) is 15.1. The molecule has 0 atom stereocenters. The molecule has 0 fully saturated rings. The topological polar surface area (TPSA) is 76.3 Å². The van der Waals surface area contributed by atoms with Gasteiger partial charge in [-0.1, -0.05) is 12.1 Å². The number of aromatic nitrogens is 4. The smallest absolute Gasteiger partial charge is 0.197 e. The highest BCUT2D eigenvalue weighted by Gasteiger charge is 2.04. The van der Waals surface area contributed by atoms with E-state index in [0.29, 0.717) is 23.0 Å². The van der Waals surface area contributed by atoms with Crippen molar-refractivity contribution in [1.82, 2.24) is 19.9 Å². The maximum absolute atomic E-state index is 4.35. The molecular weight excluding hydrogens is 364 g/mol. The van der Waals surface area contributed by atoms with Crippen LogP contribution in [0.4, 0.5) is 11.4 Å². The Kier molecular flexibility index (Phi) is 4.95. The highest BCUT2D eigenvalue weighted by molar-refractivity contribution is 7.12. The molecular formula is C18H12N6S2. The number of hydrogen-bond donors (Lipinski definition) is 0. The van der Waals surface area contributed by atoms with Gasteiger partial charge in [0.1, 0.15) is 0 Å². The van der Waals surface area contributed by atoms with E-state index in [4.69, 9.17) is 0 Å². The number of nitrogens with zero attached hydrogens (tertiary/aromatic N) is 6. The molecule has 0 aliphatic heterocycles. The van der Waals surface area contributed by atoms with Crippen LogP contribution >= 0.6 is 22.7 Å². The average molecular weight is 376 g/mol. The van der Waals surface area contributed by atoms with E-state index in [2.05, 4.69) is 29.9 Å². The minimum absolute atomic E-state index is 0.453. The molecule has 0 aliphatic carbocycles. The molecule has 8 heteroatoms. The lowest BCUT2D eigenvalue weighted by Crippen LogP contribution is -1.93. The first-order chi connectivity index (χ1) is 12.9. The maximum Gasteiger partial charge on any atom is 0.197 e. The molecule has 4 aromatic heterocycles. The number of rotatable bonds is 5. The summed E-state index contributed by atoms with van der Waals surface area (Å²) in [5.74, 6) is 0.905. The Morgan fingerprint density at radius 1 is 0.654 bits per heavy atom. The van der Waals surface area contributed by atoms with E-state index in [-0.39, 0.29) is 0 Å². The fourth-order valence-corrected chi connectivity index (χ4v) is 3.18. The van der Waals surface area contributed by atoms with Crippen LogP contribution in [0, 0.1) is 0 Å². The number of aliphatic imine (C=N–C) groups is 2. The summed E-state index contributed by atoms with van der Waals surface area (Å²) in [6, 6.07) is 7.97. The van der Waals surface area contributed by atoms with E-state index in [1.54, 1.807) is 59.9 Å². The molecule has 0 unspecified atom stereocenters. The van der Waals surface area contributed by atoms with Crippen molar-refractivity contribution in [2.45, 2.75) is 0 Å². The van der Waals surface area contributed by atoms with Crippen LogP contribution < -0.4 is 0 Å². The van der Waals surface area contributed by atoms with Crippen molar-refractivity contribution in [3.8, 4) is 11.6 Å². The molecule has 0 aliphatic rings. The van der Waals surface area contributed by atoms with Gasteiger partial charge < -0.3 is 0 Å². The average Bonchev–Trinajstić information content (AvgIpc) is 3.40. The lowest BCUT2D eigenvalue weighted by atomic mass is 10.4. The SMILES string of the molecule is C(=Nc1cnc(-c2ncc(N=Cc3cccs3)cn2)nc1)c1cccs1. The van der Waals surface area contributed by atoms with Crippen LogP contribution in [0.25, 0.3) is 11.6 Å². The zero-order chi connectivity index (χ0) is 17.6. The van der Waals surface area contributed by atoms with Gasteiger partial charge in [0.2, 0.25) is 0 Å². The summed E-state index contributed by atoms with van der Waals surface area (Å²) in [4.78, 5) is 28.0. The summed E-state index contributed by atoms with van der Waals surface area (Å²) in [5, 5.41) is 4.01. The second-order valence-electron chi connectivity index (χ2n) is 5.08. The van der Waals surface area contributed by atoms with Crippen molar-refractivity contribution >= 4 is 46.5 Å². The van der Waals surface area contributed by atoms with Gasteiger partial charge in [0.25, 0.3) is 0 Å². The second kappa shape index (κ2) is 7.85. The third-order valence-corrected chi connectivity index (χ3v) is 4.86. The molecule has 6 nitrogen and oxygen atoms in total. The lowest BCUT2D eigenvalue weighted by Gasteiger charge is -1.99. The fraction of sp³-hybridized carbons (Fsp3) is 0. The summed E-state index contributed by atoms with van der Waals surface area (Å²) in [5.41, 5.74) is 1.36. The Morgan fingerprint density at radius 2 is 1.08 bits per heavy atom. The molecule has 26 heavy (non-hydrogen) atoms. The van der Waals surface area contributed by atoms with Crippen molar-refractivity contribution in [3.63, 3.8) is 0 Å². The highest BCUT2D eigenvalue weighted by Crippen LogP contribution is 2.16. The largest absolute Gasteiger partial charge is 0.252 e. The van der Waals surface area contributed by atoms with Gasteiger partial charge in [-0.25, -0.2) is 19.9 Å². The molecule has 0 saturated carbocycles. The third kappa shape index (κ3) is 4.11. The summed E-state index contributed by atoms with van der Waals surface area (Å²) in [6.07, 6.45) is 10.2. The van der Waals surface area contributed by atoms with Crippen LogP contribution in [0.2, 0.25) is 0 Å². The van der Waals surface area contributed by atoms with Crippen molar-refractivity contribution in [3.05, 3.63) is 69.6 Å². The van der Waals surface area contributed by atoms with E-state index >= 15 is 0 Å². The minimum atomic E-state index is 0.453. The Balaban J connectivity index is 1.45. The Hall–Kier alpha value is -3.10. The monoisotopic (exact) mass is 376 g/mol. The second-order valence-corrected chi connectivity index (χ2v) is 7.04. The highest BCUT2D eigenvalue weighted by atomic mass is 32.1. The minimum Gasteiger partial charge on any atom is -0.252 e. The lowest BCUT2D eigenvalue weighted by molar-refractivity contribution is 1.07. The van der Waals surface area contributed by atoms with Gasteiger partial charge in [-0.05, 0) is 22.9 Å². The molecule has 0 radical (unpaired) electrons. The van der Waals surface area contributed by atoms with Gasteiger partial charge in [0.05, 0.1) is 36.2 Å². The first kappa shape index (κ1) is 16.4. The van der Waals surface area contributed by atoms with E-state index in [1.165, 1.54) is 0 Å². The van der Waals surface area contributed by atoms with Gasteiger partial charge in [0, 0.05) is 22.2 Å². The van der Waals surface area contributed by atoms with Crippen LogP contribution in [0.15, 0.2) is 69.8 Å². The van der Waals surface area contributed by atoms with Crippen LogP contribution in [0.1, 0.15) is 9.75 Å². The maximum atomic E-state index is 4.35. The van der Waals surface area contributed by atoms with Crippen LogP contribution in [-0.4, -0.2) is 32.4 Å². The molecule has 0 amide bonds. The molecule has 4 heterocycles. The Labute approximate surface area is 157 Å². The predicted molar refractivity (Wildman–Crippen MR) is 106 cm³/mol. The van der Waals surface area contributed by atoms with E-state index < -0.39 is 0 Å². The van der Waals surface area contributed by atoms with Gasteiger partial charge in [-0.2, -0.15) is 0 Å². The number of thiophene rings is 2. The van der Waals surface area contributed by atoms with E-state index in [1.807, 2.05) is 35.0 Å². The normalized spacial score (nSPS) is 11.5. The van der Waals surface area contributed by atoms with Crippen molar-refractivity contribution in [2.24, 2.45) is 9.98 Å². The standard InChI is InChI=1S/C18H12N6S2/c1-3-15(25-5-1)11-19-13-7-21-17(22-8-13)18-23-9-14(10-24-18)20-12-16-4-2-6-26-16/h1-12H. The predicted octanol–water partition coefficient (Wildman–Crippen LogP) is 4.56. The van der Waals surface area contributed by atoms with Crippen LogP contribution in [0.5, 0.6) is 0 Å². The molecule has 4 aromatic rings. The van der Waals surface area contributed by atoms with E-state index in [9.17, 15) is 0 Å². The Bertz CT molecular complexity index is 919. The summed E-state index contributed by atoms with van der Waals surface area (Å²) >= 11 is 3.25. The van der Waals surface area contributed by atoms with Crippen LogP contribution in [0.3, 0.4) is 0 Å². The molecule has 0 saturated heterocycles. The van der Waals surface area contributed by atoms with Gasteiger partial charge in [-0.15, -0.1) is 22.7 Å². The summed E-state index contributed by atoms with van der Waals surface area (Å²) < 4.78 is 0. The first-order valence-electron chi connectivity index (χ1n) is 7.66. The summed E-state index contributed by atoms with van der Waals surface area (Å²) in [6.45, 7) is 0. The first-order valence-corrected chi connectivity index (χ1v) is 9.42. The molecule has 0 spiro atoms. The van der Waals surface area contributed by atoms with Gasteiger partial charge >= 0.3 is 0 Å². The molecule has 4 rings (SSSR count). The molecule has 0 N–H and O–H groups in total. The third-order valence-electron chi connectivity index (χ3n) is 3.24. The fourth-order valence-electron chi connectivity index (χ4n) is 2.01. The Morgan fingerprint density at radius 3 is 1.42 bits per heavy atom. The van der Waals surface area contributed by atoms with Crippen molar-refractivity contribution < 1.29 is 0 Å². The molecule has 126 valence electrons.